The van der Waals surface area contributed by atoms with Gasteiger partial charge >= 0.3 is 0 Å². The molecule has 4 nitrogen and oxygen atoms in total. The quantitative estimate of drug-likeness (QED) is 0.848. The summed E-state index contributed by atoms with van der Waals surface area (Å²) >= 11 is 0. The van der Waals surface area contributed by atoms with E-state index in [-0.39, 0.29) is 0 Å². The van der Waals surface area contributed by atoms with Crippen LogP contribution in [0.4, 0.5) is 5.82 Å². The third-order valence-corrected chi connectivity index (χ3v) is 3.12. The highest BCUT2D eigenvalue weighted by atomic mass is 16.5. The number of nitrogens with one attached hydrogen (secondary N) is 1. The molecule has 1 unspecified atom stereocenters. The minimum Gasteiger partial charge on any atom is -0.381 e. The first-order valence-corrected chi connectivity index (χ1v) is 5.89. The number of ether oxygens (including phenoxy) is 1. The van der Waals surface area contributed by atoms with E-state index in [2.05, 4.69) is 22.2 Å². The second-order valence-corrected chi connectivity index (χ2v) is 4.37. The molecule has 0 aromatic carbocycles. The van der Waals surface area contributed by atoms with Crippen LogP contribution in [0.2, 0.25) is 0 Å². The van der Waals surface area contributed by atoms with Crippen molar-refractivity contribution in [1.82, 2.24) is 9.97 Å². The fourth-order valence-corrected chi connectivity index (χ4v) is 2.10. The number of aromatic nitrogens is 2. The summed E-state index contributed by atoms with van der Waals surface area (Å²) in [6.45, 7) is 5.90. The Morgan fingerprint density at radius 3 is 2.88 bits per heavy atom. The summed E-state index contributed by atoms with van der Waals surface area (Å²) in [7, 11) is 0. The van der Waals surface area contributed by atoms with Gasteiger partial charge in [-0.2, -0.15) is 0 Å². The number of hydrogen-bond donors (Lipinski definition) is 1. The molecule has 0 amide bonds. The Morgan fingerprint density at radius 2 is 2.19 bits per heavy atom. The van der Waals surface area contributed by atoms with Gasteiger partial charge in [-0.15, -0.1) is 0 Å². The van der Waals surface area contributed by atoms with Gasteiger partial charge in [0.15, 0.2) is 0 Å². The zero-order valence-corrected chi connectivity index (χ0v) is 9.94. The normalized spacial score (nSPS) is 19.4. The van der Waals surface area contributed by atoms with Gasteiger partial charge in [-0.3, -0.25) is 0 Å². The maximum absolute atomic E-state index is 5.37. The zero-order valence-electron chi connectivity index (χ0n) is 9.94. The first-order valence-electron chi connectivity index (χ1n) is 5.89. The summed E-state index contributed by atoms with van der Waals surface area (Å²) in [5.74, 6) is 2.42. The van der Waals surface area contributed by atoms with E-state index < -0.39 is 0 Å². The topological polar surface area (TPSA) is 47.0 Å². The van der Waals surface area contributed by atoms with Crippen molar-refractivity contribution in [2.75, 3.05) is 18.5 Å². The highest BCUT2D eigenvalue weighted by Crippen LogP contribution is 2.20. The van der Waals surface area contributed by atoms with E-state index in [0.717, 1.165) is 37.7 Å². The van der Waals surface area contributed by atoms with Crippen molar-refractivity contribution in [2.24, 2.45) is 5.92 Å². The van der Waals surface area contributed by atoms with E-state index in [4.69, 9.17) is 4.74 Å². The average Bonchev–Trinajstić information content (AvgIpc) is 2.30. The van der Waals surface area contributed by atoms with Crippen LogP contribution in [0.25, 0.3) is 0 Å². The van der Waals surface area contributed by atoms with Gasteiger partial charge < -0.3 is 10.1 Å². The minimum absolute atomic E-state index is 0.443. The van der Waals surface area contributed by atoms with Crippen molar-refractivity contribution in [3.05, 3.63) is 18.1 Å². The van der Waals surface area contributed by atoms with Crippen molar-refractivity contribution in [2.45, 2.75) is 32.7 Å². The Kier molecular flexibility index (Phi) is 3.72. The zero-order chi connectivity index (χ0) is 11.4. The Labute approximate surface area is 96.4 Å². The predicted molar refractivity (Wildman–Crippen MR) is 63.4 cm³/mol. The molecule has 88 valence electrons. The van der Waals surface area contributed by atoms with Gasteiger partial charge in [0, 0.05) is 25.5 Å². The lowest BCUT2D eigenvalue weighted by molar-refractivity contribution is 0.0622. The third-order valence-electron chi connectivity index (χ3n) is 3.12. The second-order valence-electron chi connectivity index (χ2n) is 4.37. The number of aryl methyl sites for hydroxylation is 1. The molecule has 2 rings (SSSR count). The fourth-order valence-electron chi connectivity index (χ4n) is 2.10. The van der Waals surface area contributed by atoms with Gasteiger partial charge in [0.1, 0.15) is 11.6 Å². The molecule has 0 spiro atoms. The minimum atomic E-state index is 0.443. The van der Waals surface area contributed by atoms with Crippen LogP contribution < -0.4 is 5.32 Å². The van der Waals surface area contributed by atoms with E-state index >= 15 is 0 Å². The van der Waals surface area contributed by atoms with Gasteiger partial charge in [-0.1, -0.05) is 0 Å². The summed E-state index contributed by atoms with van der Waals surface area (Å²) < 4.78 is 5.37. The predicted octanol–water partition coefficient (Wildman–Crippen LogP) is 2.01. The first-order chi connectivity index (χ1) is 7.75. The van der Waals surface area contributed by atoms with Gasteiger partial charge in [-0.05, 0) is 38.7 Å². The third kappa shape index (κ3) is 2.92. The Hall–Kier alpha value is -1.16. The Bertz CT molecular complexity index is 337. The average molecular weight is 221 g/mol. The molecule has 1 aliphatic heterocycles. The molecular weight excluding hydrogens is 202 g/mol. The lowest BCUT2D eigenvalue weighted by Gasteiger charge is -2.28. The van der Waals surface area contributed by atoms with Crippen LogP contribution in [0.3, 0.4) is 0 Å². The Morgan fingerprint density at radius 1 is 1.44 bits per heavy atom. The maximum atomic E-state index is 5.37. The number of anilines is 1. The lowest BCUT2D eigenvalue weighted by Crippen LogP contribution is -2.31. The molecule has 2 heterocycles. The van der Waals surface area contributed by atoms with E-state index in [1.54, 1.807) is 6.20 Å². The summed E-state index contributed by atoms with van der Waals surface area (Å²) in [5.41, 5.74) is 0. The van der Waals surface area contributed by atoms with E-state index in [1.807, 2.05) is 13.0 Å². The standard InChI is InChI=1S/C12H19N3O/c1-9(11-4-7-16-8-5-11)14-12-3-6-13-10(2)15-12/h3,6,9,11H,4-5,7-8H2,1-2H3,(H,13,14,15). The van der Waals surface area contributed by atoms with Crippen LogP contribution in [0.15, 0.2) is 12.3 Å². The molecule has 1 aromatic heterocycles. The monoisotopic (exact) mass is 221 g/mol. The maximum Gasteiger partial charge on any atom is 0.129 e. The SMILES string of the molecule is Cc1nccc(NC(C)C2CCOCC2)n1. The van der Waals surface area contributed by atoms with E-state index in [1.165, 1.54) is 0 Å². The molecule has 1 fully saturated rings. The fraction of sp³-hybridized carbons (Fsp3) is 0.667. The molecule has 0 radical (unpaired) electrons. The van der Waals surface area contributed by atoms with Crippen LogP contribution in [-0.4, -0.2) is 29.2 Å². The van der Waals surface area contributed by atoms with Crippen molar-refractivity contribution in [3.63, 3.8) is 0 Å². The smallest absolute Gasteiger partial charge is 0.129 e. The van der Waals surface area contributed by atoms with Crippen molar-refractivity contribution in [3.8, 4) is 0 Å². The summed E-state index contributed by atoms with van der Waals surface area (Å²) in [5, 5.41) is 3.45. The molecule has 1 aromatic rings. The van der Waals surface area contributed by atoms with Gasteiger partial charge in [0.2, 0.25) is 0 Å². The van der Waals surface area contributed by atoms with Crippen LogP contribution >= 0.6 is 0 Å². The molecule has 0 saturated carbocycles. The number of nitrogens with zero attached hydrogens (tertiary/aromatic N) is 2. The first kappa shape index (κ1) is 11.3. The van der Waals surface area contributed by atoms with Crippen molar-refractivity contribution < 1.29 is 4.74 Å². The van der Waals surface area contributed by atoms with Crippen molar-refractivity contribution >= 4 is 5.82 Å². The summed E-state index contributed by atoms with van der Waals surface area (Å²) in [4.78, 5) is 8.44. The van der Waals surface area contributed by atoms with E-state index in [9.17, 15) is 0 Å². The molecule has 4 heteroatoms. The van der Waals surface area contributed by atoms with Crippen LogP contribution in [0.5, 0.6) is 0 Å². The summed E-state index contributed by atoms with van der Waals surface area (Å²) in [6, 6.07) is 2.36. The molecule has 0 bridgehead atoms. The van der Waals surface area contributed by atoms with Gasteiger partial charge in [0.05, 0.1) is 0 Å². The molecule has 1 saturated heterocycles. The molecule has 1 atom stereocenters. The molecule has 1 aliphatic rings. The summed E-state index contributed by atoms with van der Waals surface area (Å²) in [6.07, 6.45) is 4.07. The molecular formula is C12H19N3O. The molecule has 16 heavy (non-hydrogen) atoms. The second kappa shape index (κ2) is 5.25. The number of rotatable bonds is 3. The molecule has 0 aliphatic carbocycles. The number of hydrogen-bond acceptors (Lipinski definition) is 4. The van der Waals surface area contributed by atoms with Gasteiger partial charge in [-0.25, -0.2) is 9.97 Å². The highest BCUT2D eigenvalue weighted by Gasteiger charge is 2.20. The van der Waals surface area contributed by atoms with Crippen molar-refractivity contribution in [1.29, 1.82) is 0 Å². The van der Waals surface area contributed by atoms with Crippen LogP contribution in [-0.2, 0) is 4.74 Å². The van der Waals surface area contributed by atoms with Crippen LogP contribution in [0.1, 0.15) is 25.6 Å². The Balaban J connectivity index is 1.93. The van der Waals surface area contributed by atoms with E-state index in [0.29, 0.717) is 12.0 Å². The highest BCUT2D eigenvalue weighted by molar-refractivity contribution is 5.34. The van der Waals surface area contributed by atoms with Gasteiger partial charge in [0.25, 0.3) is 0 Å². The lowest BCUT2D eigenvalue weighted by atomic mass is 9.93. The molecule has 1 N–H and O–H groups in total. The van der Waals surface area contributed by atoms with Crippen LogP contribution in [0, 0.1) is 12.8 Å². The largest absolute Gasteiger partial charge is 0.381 e.